The molecule has 0 aliphatic heterocycles. The first-order chi connectivity index (χ1) is 9.86. The predicted molar refractivity (Wildman–Crippen MR) is 84.6 cm³/mol. The van der Waals surface area contributed by atoms with Gasteiger partial charge < -0.3 is 9.88 Å². The molecule has 6 heteroatoms. The summed E-state index contributed by atoms with van der Waals surface area (Å²) in [5.41, 5.74) is 1.01. The van der Waals surface area contributed by atoms with E-state index in [9.17, 15) is 8.42 Å². The molecular formula is C15H27N3O2S. The van der Waals surface area contributed by atoms with E-state index in [4.69, 9.17) is 0 Å². The van der Waals surface area contributed by atoms with Crippen molar-refractivity contribution in [1.82, 2.24) is 14.2 Å². The lowest BCUT2D eigenvalue weighted by molar-refractivity contribution is 0.354. The summed E-state index contributed by atoms with van der Waals surface area (Å²) in [5, 5.41) is 3.43. The van der Waals surface area contributed by atoms with Crippen LogP contribution in [0.15, 0.2) is 17.2 Å². The first-order valence-corrected chi connectivity index (χ1v) is 9.20. The zero-order valence-corrected chi connectivity index (χ0v) is 14.3. The summed E-state index contributed by atoms with van der Waals surface area (Å²) in [4.78, 5) is 0.403. The molecule has 0 unspecified atom stereocenters. The minimum Gasteiger partial charge on any atom is -0.352 e. The molecule has 1 aromatic heterocycles. The second-order valence-electron chi connectivity index (χ2n) is 6.14. The summed E-state index contributed by atoms with van der Waals surface area (Å²) in [7, 11) is -1.50. The molecule has 120 valence electrons. The third-order valence-corrected chi connectivity index (χ3v) is 5.90. The Morgan fingerprint density at radius 2 is 2.10 bits per heavy atom. The normalized spacial score (nSPS) is 16.1. The molecule has 0 radical (unpaired) electrons. The summed E-state index contributed by atoms with van der Waals surface area (Å²) in [6, 6.07) is 2.39. The van der Waals surface area contributed by atoms with E-state index in [0.29, 0.717) is 17.5 Å². The van der Waals surface area contributed by atoms with E-state index in [-0.39, 0.29) is 6.04 Å². The lowest BCUT2D eigenvalue weighted by atomic mass is 10.4. The number of rotatable bonds is 8. The molecular weight excluding hydrogens is 286 g/mol. The molecule has 1 aromatic rings. The first-order valence-electron chi connectivity index (χ1n) is 7.76. The van der Waals surface area contributed by atoms with Crippen LogP contribution in [0.3, 0.4) is 0 Å². The van der Waals surface area contributed by atoms with E-state index in [1.807, 2.05) is 32.4 Å². The molecule has 1 heterocycles. The Hall–Kier alpha value is -0.850. The number of nitrogens with one attached hydrogen (secondary N) is 1. The van der Waals surface area contributed by atoms with Crippen molar-refractivity contribution in [2.45, 2.75) is 63.6 Å². The van der Waals surface area contributed by atoms with Crippen molar-refractivity contribution in [3.05, 3.63) is 18.0 Å². The highest BCUT2D eigenvalue weighted by Crippen LogP contribution is 2.23. The standard InChI is InChI=1S/C15H27N3O2S/c1-5-8-18(12(2)3)21(19,20)15-9-14(17(4)11-15)10-16-13-6-7-13/h9,11-13,16H,5-8,10H2,1-4H3. The van der Waals surface area contributed by atoms with E-state index < -0.39 is 10.0 Å². The molecule has 1 N–H and O–H groups in total. The molecule has 1 aliphatic rings. The van der Waals surface area contributed by atoms with Crippen LogP contribution in [0.1, 0.15) is 45.7 Å². The highest BCUT2D eigenvalue weighted by molar-refractivity contribution is 7.89. The molecule has 0 aromatic carbocycles. The van der Waals surface area contributed by atoms with Gasteiger partial charge in [0.1, 0.15) is 4.90 Å². The van der Waals surface area contributed by atoms with Crippen molar-refractivity contribution in [2.75, 3.05) is 6.54 Å². The quantitative estimate of drug-likeness (QED) is 0.799. The van der Waals surface area contributed by atoms with E-state index in [2.05, 4.69) is 5.32 Å². The zero-order chi connectivity index (χ0) is 15.6. The molecule has 0 saturated heterocycles. The second-order valence-corrected chi connectivity index (χ2v) is 8.03. The van der Waals surface area contributed by atoms with Crippen molar-refractivity contribution in [3.63, 3.8) is 0 Å². The van der Waals surface area contributed by atoms with E-state index in [0.717, 1.165) is 18.7 Å². The van der Waals surface area contributed by atoms with E-state index in [1.165, 1.54) is 12.8 Å². The summed E-state index contributed by atoms with van der Waals surface area (Å²) >= 11 is 0. The maximum absolute atomic E-state index is 12.8. The average molecular weight is 313 g/mol. The molecule has 2 rings (SSSR count). The van der Waals surface area contributed by atoms with Crippen LogP contribution in [0.25, 0.3) is 0 Å². The lowest BCUT2D eigenvalue weighted by Crippen LogP contribution is -2.37. The van der Waals surface area contributed by atoms with Gasteiger partial charge in [0.25, 0.3) is 0 Å². The Morgan fingerprint density at radius 3 is 2.62 bits per heavy atom. The van der Waals surface area contributed by atoms with Gasteiger partial charge >= 0.3 is 0 Å². The highest BCUT2D eigenvalue weighted by Gasteiger charge is 2.28. The zero-order valence-electron chi connectivity index (χ0n) is 13.5. The van der Waals surface area contributed by atoms with Crippen molar-refractivity contribution >= 4 is 10.0 Å². The van der Waals surface area contributed by atoms with Gasteiger partial charge in [-0.2, -0.15) is 4.31 Å². The van der Waals surface area contributed by atoms with Gasteiger partial charge in [0.2, 0.25) is 10.0 Å². The summed E-state index contributed by atoms with van der Waals surface area (Å²) in [6.45, 7) is 7.13. The third kappa shape index (κ3) is 3.87. The van der Waals surface area contributed by atoms with E-state index in [1.54, 1.807) is 16.6 Å². The van der Waals surface area contributed by atoms with Crippen molar-refractivity contribution in [2.24, 2.45) is 7.05 Å². The average Bonchev–Trinajstić information content (AvgIpc) is 3.16. The molecule has 1 saturated carbocycles. The Bertz CT molecular complexity index is 574. The monoisotopic (exact) mass is 313 g/mol. The number of aryl methyl sites for hydroxylation is 1. The lowest BCUT2D eigenvalue weighted by Gasteiger charge is -2.24. The SMILES string of the molecule is CCCN(C(C)C)S(=O)(=O)c1cc(CNC2CC2)n(C)c1. The Labute approximate surface area is 128 Å². The summed E-state index contributed by atoms with van der Waals surface area (Å²) in [5.74, 6) is 0. The number of aromatic nitrogens is 1. The molecule has 0 atom stereocenters. The maximum Gasteiger partial charge on any atom is 0.244 e. The van der Waals surface area contributed by atoms with Crippen LogP contribution < -0.4 is 5.32 Å². The van der Waals surface area contributed by atoms with Gasteiger partial charge in [0.05, 0.1) is 0 Å². The van der Waals surface area contributed by atoms with Gasteiger partial charge in [0.15, 0.2) is 0 Å². The van der Waals surface area contributed by atoms with Crippen LogP contribution in [0.2, 0.25) is 0 Å². The van der Waals surface area contributed by atoms with Crippen LogP contribution in [0, 0.1) is 0 Å². The Kier molecular flexibility index (Phi) is 5.11. The highest BCUT2D eigenvalue weighted by atomic mass is 32.2. The first kappa shape index (κ1) is 16.5. The summed E-state index contributed by atoms with van der Waals surface area (Å²) < 4.78 is 29.0. The van der Waals surface area contributed by atoms with E-state index >= 15 is 0 Å². The largest absolute Gasteiger partial charge is 0.352 e. The third-order valence-electron chi connectivity index (χ3n) is 3.86. The molecule has 0 spiro atoms. The minimum atomic E-state index is -3.40. The van der Waals surface area contributed by atoms with Crippen LogP contribution >= 0.6 is 0 Å². The van der Waals surface area contributed by atoms with Gasteiger partial charge in [-0.3, -0.25) is 0 Å². The van der Waals surface area contributed by atoms with Crippen molar-refractivity contribution < 1.29 is 8.42 Å². The van der Waals surface area contributed by atoms with Gasteiger partial charge in [-0.15, -0.1) is 0 Å². The fraction of sp³-hybridized carbons (Fsp3) is 0.733. The molecule has 0 amide bonds. The second kappa shape index (κ2) is 6.50. The van der Waals surface area contributed by atoms with Crippen LogP contribution in [-0.2, 0) is 23.6 Å². The van der Waals surface area contributed by atoms with Gasteiger partial charge in [-0.1, -0.05) is 6.92 Å². The predicted octanol–water partition coefficient (Wildman–Crippen LogP) is 2.09. The fourth-order valence-electron chi connectivity index (χ4n) is 2.44. The molecule has 21 heavy (non-hydrogen) atoms. The smallest absolute Gasteiger partial charge is 0.244 e. The fourth-order valence-corrected chi connectivity index (χ4v) is 4.27. The number of nitrogens with zero attached hydrogens (tertiary/aromatic N) is 2. The Morgan fingerprint density at radius 1 is 1.43 bits per heavy atom. The minimum absolute atomic E-state index is 0.0248. The maximum atomic E-state index is 12.8. The molecule has 1 fully saturated rings. The van der Waals surface area contributed by atoms with Crippen LogP contribution in [-0.4, -0.2) is 35.9 Å². The molecule has 1 aliphatic carbocycles. The number of sulfonamides is 1. The van der Waals surface area contributed by atoms with Gasteiger partial charge in [-0.05, 0) is 39.2 Å². The number of hydrogen-bond acceptors (Lipinski definition) is 3. The number of hydrogen-bond donors (Lipinski definition) is 1. The molecule has 0 bridgehead atoms. The van der Waals surface area contributed by atoms with Crippen LogP contribution in [0.5, 0.6) is 0 Å². The summed E-state index contributed by atoms with van der Waals surface area (Å²) in [6.07, 6.45) is 5.00. The topological polar surface area (TPSA) is 54.3 Å². The van der Waals surface area contributed by atoms with Crippen molar-refractivity contribution in [3.8, 4) is 0 Å². The molecule has 5 nitrogen and oxygen atoms in total. The van der Waals surface area contributed by atoms with Gasteiger partial charge in [-0.25, -0.2) is 8.42 Å². The van der Waals surface area contributed by atoms with Gasteiger partial charge in [0, 0.05) is 44.1 Å². The van der Waals surface area contributed by atoms with Crippen LogP contribution in [0.4, 0.5) is 0 Å². The Balaban J connectivity index is 2.20. The van der Waals surface area contributed by atoms with Crippen molar-refractivity contribution in [1.29, 1.82) is 0 Å².